The monoisotopic (exact) mass is 445 g/mol. The van der Waals surface area contributed by atoms with E-state index in [1.54, 1.807) is 22.5 Å². The number of piperidine rings is 1. The van der Waals surface area contributed by atoms with Gasteiger partial charge in [-0.1, -0.05) is 38.0 Å². The number of unbranched alkanes of at least 4 members (excludes halogenated alkanes) is 1. The van der Waals surface area contributed by atoms with Gasteiger partial charge in [-0.15, -0.1) is 0 Å². The molecular weight excluding hydrogens is 414 g/mol. The molecule has 0 saturated carbocycles. The van der Waals surface area contributed by atoms with Gasteiger partial charge < -0.3 is 14.8 Å². The molecule has 0 bridgehead atoms. The Bertz CT molecular complexity index is 987. The Kier molecular flexibility index (Phi) is 7.92. The minimum absolute atomic E-state index is 0.195. The van der Waals surface area contributed by atoms with Gasteiger partial charge >= 0.3 is 5.97 Å². The Hall–Kier alpha value is -2.58. The highest BCUT2D eigenvalue weighted by atomic mass is 32.2. The molecular formula is C23H31N3O4S. The van der Waals surface area contributed by atoms with E-state index in [-0.39, 0.29) is 10.5 Å². The zero-order valence-electron chi connectivity index (χ0n) is 18.2. The van der Waals surface area contributed by atoms with Crippen LogP contribution in [-0.4, -0.2) is 41.2 Å². The van der Waals surface area contributed by atoms with Crippen LogP contribution in [-0.2, 0) is 14.7 Å². The third-order valence-electron chi connectivity index (χ3n) is 5.26. The van der Waals surface area contributed by atoms with Crippen molar-refractivity contribution in [3.63, 3.8) is 0 Å². The second-order valence-corrected chi connectivity index (χ2v) is 9.56. The fraction of sp³-hybridized carbons (Fsp3) is 0.435. The molecule has 1 aliphatic heterocycles. The van der Waals surface area contributed by atoms with Crippen LogP contribution < -0.4 is 10.1 Å². The minimum Gasteiger partial charge on any atom is -0.465 e. The molecule has 1 saturated heterocycles. The third kappa shape index (κ3) is 5.57. The van der Waals surface area contributed by atoms with Crippen molar-refractivity contribution in [1.82, 2.24) is 4.31 Å². The van der Waals surface area contributed by atoms with Crippen molar-refractivity contribution in [2.75, 3.05) is 32.1 Å². The minimum atomic E-state index is -3.37. The highest BCUT2D eigenvalue weighted by molar-refractivity contribution is 7.90. The predicted octanol–water partition coefficient (Wildman–Crippen LogP) is 5.28. The first-order valence-corrected chi connectivity index (χ1v) is 12.3. The molecule has 0 aliphatic carbocycles. The Morgan fingerprint density at radius 1 is 1.16 bits per heavy atom. The lowest BCUT2D eigenvalue weighted by Crippen LogP contribution is -2.35. The van der Waals surface area contributed by atoms with Crippen molar-refractivity contribution in [3.8, 4) is 11.5 Å². The number of methoxy groups -OCH3 is 1. The maximum absolute atomic E-state index is 13.8. The molecule has 168 valence electrons. The molecule has 7 nitrogen and oxygen atoms in total. The highest BCUT2D eigenvalue weighted by Crippen LogP contribution is 2.40. The van der Waals surface area contributed by atoms with E-state index >= 15 is 0 Å². The Morgan fingerprint density at radius 2 is 1.87 bits per heavy atom. The molecule has 1 atom stereocenters. The largest absolute Gasteiger partial charge is 0.465 e. The van der Waals surface area contributed by atoms with E-state index in [1.807, 2.05) is 18.2 Å². The number of para-hydroxylation sites is 1. The molecule has 1 heterocycles. The summed E-state index contributed by atoms with van der Waals surface area (Å²) in [5.41, 5.74) is 0.779. The average molecular weight is 446 g/mol. The number of nitrogens with zero attached hydrogens (tertiary/aromatic N) is 1. The molecule has 31 heavy (non-hydrogen) atoms. The zero-order valence-corrected chi connectivity index (χ0v) is 19.0. The first kappa shape index (κ1) is 23.1. The summed E-state index contributed by atoms with van der Waals surface area (Å²) in [6.45, 7) is 3.91. The van der Waals surface area contributed by atoms with Crippen LogP contribution in [0.15, 0.2) is 47.4 Å². The smallest absolute Gasteiger partial charge is 0.337 e. The third-order valence-corrected chi connectivity index (χ3v) is 7.25. The van der Waals surface area contributed by atoms with Gasteiger partial charge in [0.25, 0.3) is 0 Å². The second-order valence-electron chi connectivity index (χ2n) is 7.55. The quantitative estimate of drug-likeness (QED) is 0.404. The predicted molar refractivity (Wildman–Crippen MR) is 122 cm³/mol. The van der Waals surface area contributed by atoms with Gasteiger partial charge in [-0.2, -0.15) is 0 Å². The molecule has 8 heteroatoms. The van der Waals surface area contributed by atoms with Crippen molar-refractivity contribution in [2.24, 2.45) is 0 Å². The molecule has 2 aromatic rings. The van der Waals surface area contributed by atoms with E-state index in [4.69, 9.17) is 14.3 Å². The summed E-state index contributed by atoms with van der Waals surface area (Å²) in [7, 11) is -2.06. The van der Waals surface area contributed by atoms with E-state index in [9.17, 15) is 9.00 Å². The summed E-state index contributed by atoms with van der Waals surface area (Å²) >= 11 is 0. The number of esters is 1. The molecule has 0 amide bonds. The summed E-state index contributed by atoms with van der Waals surface area (Å²) in [5, 5.41) is 3.31. The fourth-order valence-electron chi connectivity index (χ4n) is 3.55. The number of anilines is 1. The normalized spacial score (nSPS) is 16.3. The maximum atomic E-state index is 13.8. The van der Waals surface area contributed by atoms with Crippen LogP contribution in [0, 0.1) is 4.78 Å². The summed E-state index contributed by atoms with van der Waals surface area (Å²) in [6.07, 6.45) is 4.76. The van der Waals surface area contributed by atoms with Crippen LogP contribution in [0.1, 0.15) is 49.4 Å². The molecule has 0 radical (unpaired) electrons. The SMILES string of the molecule is CCCCNc1cc(C(=O)OC)cc(S(=N)(=O)N2CCCCC2)c1Oc1ccccc1. The topological polar surface area (TPSA) is 91.7 Å². The van der Waals surface area contributed by atoms with Crippen molar-refractivity contribution in [1.29, 1.82) is 4.78 Å². The van der Waals surface area contributed by atoms with Crippen LogP contribution in [0.3, 0.4) is 0 Å². The number of carbonyl (C=O) groups is 1. The van der Waals surface area contributed by atoms with Gasteiger partial charge in [0.15, 0.2) is 5.75 Å². The molecule has 2 aromatic carbocycles. The van der Waals surface area contributed by atoms with Crippen LogP contribution in [0.5, 0.6) is 11.5 Å². The van der Waals surface area contributed by atoms with Crippen LogP contribution in [0.2, 0.25) is 0 Å². The van der Waals surface area contributed by atoms with Gasteiger partial charge in [-0.05, 0) is 43.5 Å². The standard InChI is InChI=1S/C23H31N3O4S/c1-3-4-13-25-20-16-18(23(27)29-2)17-21(22(20)30-19-11-7-5-8-12-19)31(24,28)26-14-9-6-10-15-26/h5,7-8,11-12,16-17,24-25H,3-4,6,9-10,13-15H2,1-2H3. The van der Waals surface area contributed by atoms with Gasteiger partial charge in [0.05, 0.1) is 18.4 Å². The second kappa shape index (κ2) is 10.6. The van der Waals surface area contributed by atoms with E-state index in [1.165, 1.54) is 13.2 Å². The van der Waals surface area contributed by atoms with Crippen LogP contribution in [0.4, 0.5) is 5.69 Å². The lowest BCUT2D eigenvalue weighted by Gasteiger charge is -2.30. The maximum Gasteiger partial charge on any atom is 0.337 e. The Balaban J connectivity index is 2.15. The summed E-state index contributed by atoms with van der Waals surface area (Å²) in [6, 6.07) is 12.3. The molecule has 2 N–H and O–H groups in total. The molecule has 1 unspecified atom stereocenters. The number of ether oxygens (including phenoxy) is 2. The van der Waals surface area contributed by atoms with Gasteiger partial charge in [0.1, 0.15) is 20.6 Å². The van der Waals surface area contributed by atoms with Crippen LogP contribution in [0.25, 0.3) is 0 Å². The van der Waals surface area contributed by atoms with Gasteiger partial charge in [-0.3, -0.25) is 0 Å². The molecule has 1 aliphatic rings. The molecule has 1 fully saturated rings. The average Bonchev–Trinajstić information content (AvgIpc) is 2.80. The van der Waals surface area contributed by atoms with Crippen molar-refractivity contribution in [2.45, 2.75) is 43.9 Å². The number of nitrogens with one attached hydrogen (secondary N) is 2. The lowest BCUT2D eigenvalue weighted by atomic mass is 10.1. The molecule has 0 spiro atoms. The first-order valence-electron chi connectivity index (χ1n) is 10.7. The van der Waals surface area contributed by atoms with E-state index in [0.717, 1.165) is 32.1 Å². The summed E-state index contributed by atoms with van der Waals surface area (Å²) < 4.78 is 35.5. The number of rotatable bonds is 9. The van der Waals surface area contributed by atoms with Gasteiger partial charge in [-0.25, -0.2) is 18.1 Å². The van der Waals surface area contributed by atoms with Crippen molar-refractivity contribution >= 4 is 21.6 Å². The lowest BCUT2D eigenvalue weighted by molar-refractivity contribution is 0.0600. The van der Waals surface area contributed by atoms with Crippen molar-refractivity contribution in [3.05, 3.63) is 48.0 Å². The number of carbonyl (C=O) groups excluding carboxylic acids is 1. The van der Waals surface area contributed by atoms with Crippen molar-refractivity contribution < 1.29 is 18.5 Å². The summed E-state index contributed by atoms with van der Waals surface area (Å²) in [4.78, 5) is 12.6. The molecule has 0 aromatic heterocycles. The number of hydrogen-bond donors (Lipinski definition) is 2. The van der Waals surface area contributed by atoms with Gasteiger partial charge in [0.2, 0.25) is 0 Å². The Labute approximate surface area is 184 Å². The van der Waals surface area contributed by atoms with E-state index in [0.29, 0.717) is 36.8 Å². The van der Waals surface area contributed by atoms with Gasteiger partial charge in [0, 0.05) is 19.6 Å². The fourth-order valence-corrected chi connectivity index (χ4v) is 5.29. The number of hydrogen-bond acceptors (Lipinski definition) is 6. The highest BCUT2D eigenvalue weighted by Gasteiger charge is 2.29. The summed E-state index contributed by atoms with van der Waals surface area (Å²) in [5.74, 6) is 0.349. The number of benzene rings is 2. The zero-order chi connectivity index (χ0) is 22.3. The van der Waals surface area contributed by atoms with E-state index in [2.05, 4.69) is 12.2 Å². The Morgan fingerprint density at radius 3 is 2.52 bits per heavy atom. The van der Waals surface area contributed by atoms with E-state index < -0.39 is 15.9 Å². The first-order chi connectivity index (χ1) is 15.0. The molecule has 3 rings (SSSR count). The van der Waals surface area contributed by atoms with Crippen LogP contribution >= 0.6 is 0 Å².